The molecule has 2 saturated carbocycles. The van der Waals surface area contributed by atoms with E-state index in [0.29, 0.717) is 24.4 Å². The van der Waals surface area contributed by atoms with E-state index in [0.717, 1.165) is 42.2 Å². The van der Waals surface area contributed by atoms with Crippen molar-refractivity contribution in [3.63, 3.8) is 0 Å². The molecule has 1 aromatic heterocycles. The first-order chi connectivity index (χ1) is 13.7. The maximum absolute atomic E-state index is 12.9. The summed E-state index contributed by atoms with van der Waals surface area (Å²) in [5, 5.41) is 13.0. The third-order valence-electron chi connectivity index (χ3n) is 5.53. The normalized spacial score (nSPS) is 17.5. The second kappa shape index (κ2) is 8.94. The molecule has 1 heterocycles. The first-order valence-corrected chi connectivity index (χ1v) is 11.1. The number of aromatic nitrogens is 4. The number of methoxy groups -OCH3 is 1. The van der Waals surface area contributed by atoms with E-state index < -0.39 is 0 Å². The number of carbonyl (C=O) groups excluding carboxylic acids is 1. The van der Waals surface area contributed by atoms with Crippen LogP contribution in [-0.2, 0) is 11.3 Å². The van der Waals surface area contributed by atoms with Gasteiger partial charge in [0.1, 0.15) is 5.75 Å². The Bertz CT molecular complexity index is 784. The zero-order valence-electron chi connectivity index (χ0n) is 16.3. The average Bonchev–Trinajstić information content (AvgIpc) is 3.48. The summed E-state index contributed by atoms with van der Waals surface area (Å²) in [6.07, 6.45) is 8.17. The molecular formula is C20H27N5O2S. The summed E-state index contributed by atoms with van der Waals surface area (Å²) in [5.41, 5.74) is 1.12. The van der Waals surface area contributed by atoms with Gasteiger partial charge in [0.15, 0.2) is 0 Å². The lowest BCUT2D eigenvalue weighted by Crippen LogP contribution is -2.34. The van der Waals surface area contributed by atoms with Crippen molar-refractivity contribution in [3.05, 3.63) is 29.8 Å². The standard InChI is InChI=1S/C20H27N5O2S/c1-27-18-11-7-15(8-12-18)13-24(16-9-10-16)19(26)14-28-20-21-22-23-25(20)17-5-3-2-4-6-17/h7-8,11-12,16-17H,2-6,9-10,13-14H2,1H3. The quantitative estimate of drug-likeness (QED) is 0.631. The van der Waals surface area contributed by atoms with Gasteiger partial charge in [0.25, 0.3) is 0 Å². The number of ether oxygens (including phenoxy) is 1. The molecule has 0 spiro atoms. The SMILES string of the molecule is COc1ccc(CN(C(=O)CSc2nnnn2C2CCCCC2)C2CC2)cc1. The van der Waals surface area contributed by atoms with Gasteiger partial charge in [-0.3, -0.25) is 4.79 Å². The molecule has 8 heteroatoms. The first-order valence-electron chi connectivity index (χ1n) is 10.1. The highest BCUT2D eigenvalue weighted by Crippen LogP contribution is 2.32. The van der Waals surface area contributed by atoms with Crippen LogP contribution in [0.25, 0.3) is 0 Å². The van der Waals surface area contributed by atoms with E-state index in [2.05, 4.69) is 15.5 Å². The molecule has 150 valence electrons. The van der Waals surface area contributed by atoms with E-state index >= 15 is 0 Å². The second-order valence-electron chi connectivity index (χ2n) is 7.59. The minimum absolute atomic E-state index is 0.154. The van der Waals surface area contributed by atoms with Crippen LogP contribution in [0.3, 0.4) is 0 Å². The van der Waals surface area contributed by atoms with Crippen LogP contribution in [0.5, 0.6) is 5.75 Å². The van der Waals surface area contributed by atoms with Crippen molar-refractivity contribution in [2.45, 2.75) is 68.7 Å². The molecule has 0 unspecified atom stereocenters. The summed E-state index contributed by atoms with van der Waals surface area (Å²) in [6, 6.07) is 8.68. The summed E-state index contributed by atoms with van der Waals surface area (Å²) in [4.78, 5) is 14.9. The number of rotatable bonds is 8. The highest BCUT2D eigenvalue weighted by Gasteiger charge is 2.32. The largest absolute Gasteiger partial charge is 0.497 e. The van der Waals surface area contributed by atoms with Crippen LogP contribution in [-0.4, -0.2) is 49.9 Å². The third kappa shape index (κ3) is 4.66. The molecule has 0 saturated heterocycles. The molecule has 0 aliphatic heterocycles. The van der Waals surface area contributed by atoms with Crippen LogP contribution < -0.4 is 4.74 Å². The Labute approximate surface area is 169 Å². The number of amides is 1. The lowest BCUT2D eigenvalue weighted by atomic mass is 9.96. The molecule has 2 aliphatic carbocycles. The predicted octanol–water partition coefficient (Wildman–Crippen LogP) is 3.47. The van der Waals surface area contributed by atoms with Crippen LogP contribution in [0, 0.1) is 0 Å². The van der Waals surface area contributed by atoms with Crippen LogP contribution in [0.2, 0.25) is 0 Å². The van der Waals surface area contributed by atoms with Gasteiger partial charge in [0, 0.05) is 12.6 Å². The summed E-state index contributed by atoms with van der Waals surface area (Å²) in [5.74, 6) is 1.36. The number of hydrogen-bond acceptors (Lipinski definition) is 6. The molecule has 0 N–H and O–H groups in total. The van der Waals surface area contributed by atoms with Crippen LogP contribution >= 0.6 is 11.8 Å². The summed E-state index contributed by atoms with van der Waals surface area (Å²) in [7, 11) is 1.66. The highest BCUT2D eigenvalue weighted by atomic mass is 32.2. The molecule has 2 aliphatic rings. The maximum Gasteiger partial charge on any atom is 0.233 e. The van der Waals surface area contributed by atoms with Crippen molar-refractivity contribution in [2.24, 2.45) is 0 Å². The third-order valence-corrected chi connectivity index (χ3v) is 6.45. The fraction of sp³-hybridized carbons (Fsp3) is 0.600. The van der Waals surface area contributed by atoms with Gasteiger partial charge < -0.3 is 9.64 Å². The molecule has 7 nitrogen and oxygen atoms in total. The number of benzene rings is 1. The van der Waals surface area contributed by atoms with E-state index in [1.54, 1.807) is 7.11 Å². The molecule has 4 rings (SSSR count). The van der Waals surface area contributed by atoms with Crippen molar-refractivity contribution in [3.8, 4) is 5.75 Å². The Morgan fingerprint density at radius 1 is 1.18 bits per heavy atom. The molecule has 0 radical (unpaired) electrons. The van der Waals surface area contributed by atoms with Crippen molar-refractivity contribution in [1.29, 1.82) is 0 Å². The number of carbonyl (C=O) groups is 1. The lowest BCUT2D eigenvalue weighted by Gasteiger charge is -2.23. The lowest BCUT2D eigenvalue weighted by molar-refractivity contribution is -0.129. The van der Waals surface area contributed by atoms with Crippen LogP contribution in [0.1, 0.15) is 56.6 Å². The molecule has 28 heavy (non-hydrogen) atoms. The van der Waals surface area contributed by atoms with Gasteiger partial charge in [-0.2, -0.15) is 0 Å². The van der Waals surface area contributed by atoms with E-state index in [9.17, 15) is 4.79 Å². The number of tetrazole rings is 1. The minimum atomic E-state index is 0.154. The van der Waals surface area contributed by atoms with E-state index in [4.69, 9.17) is 4.74 Å². The van der Waals surface area contributed by atoms with Crippen molar-refractivity contribution < 1.29 is 9.53 Å². The fourth-order valence-corrected chi connectivity index (χ4v) is 4.61. The zero-order chi connectivity index (χ0) is 19.3. The van der Waals surface area contributed by atoms with E-state index in [-0.39, 0.29) is 5.91 Å². The smallest absolute Gasteiger partial charge is 0.233 e. The second-order valence-corrected chi connectivity index (χ2v) is 8.53. The van der Waals surface area contributed by atoms with Crippen molar-refractivity contribution in [2.75, 3.05) is 12.9 Å². The summed E-state index contributed by atoms with van der Waals surface area (Å²) >= 11 is 1.46. The summed E-state index contributed by atoms with van der Waals surface area (Å²) < 4.78 is 7.15. The van der Waals surface area contributed by atoms with Gasteiger partial charge in [-0.1, -0.05) is 43.2 Å². The molecule has 1 amide bonds. The zero-order valence-corrected chi connectivity index (χ0v) is 17.1. The number of nitrogens with zero attached hydrogens (tertiary/aromatic N) is 5. The van der Waals surface area contributed by atoms with Gasteiger partial charge in [-0.15, -0.1) is 5.10 Å². The van der Waals surface area contributed by atoms with E-state index in [1.807, 2.05) is 33.8 Å². The fourth-order valence-electron chi connectivity index (χ4n) is 3.78. The monoisotopic (exact) mass is 401 g/mol. The Kier molecular flexibility index (Phi) is 6.14. The van der Waals surface area contributed by atoms with E-state index in [1.165, 1.54) is 31.0 Å². The number of hydrogen-bond donors (Lipinski definition) is 0. The van der Waals surface area contributed by atoms with Gasteiger partial charge in [-0.25, -0.2) is 4.68 Å². The van der Waals surface area contributed by atoms with Gasteiger partial charge >= 0.3 is 0 Å². The Balaban J connectivity index is 1.37. The topological polar surface area (TPSA) is 73.1 Å². The van der Waals surface area contributed by atoms with Crippen molar-refractivity contribution >= 4 is 17.7 Å². The highest BCUT2D eigenvalue weighted by molar-refractivity contribution is 7.99. The Morgan fingerprint density at radius 3 is 2.61 bits per heavy atom. The van der Waals surface area contributed by atoms with Crippen LogP contribution in [0.4, 0.5) is 0 Å². The molecule has 0 bridgehead atoms. The molecular weight excluding hydrogens is 374 g/mol. The van der Waals surface area contributed by atoms with Crippen molar-refractivity contribution in [1.82, 2.24) is 25.1 Å². The number of thioether (sulfide) groups is 1. The maximum atomic E-state index is 12.9. The molecule has 1 aromatic carbocycles. The average molecular weight is 402 g/mol. The Hall–Kier alpha value is -2.09. The van der Waals surface area contributed by atoms with Crippen LogP contribution in [0.15, 0.2) is 29.4 Å². The first kappa shape index (κ1) is 19.2. The van der Waals surface area contributed by atoms with Gasteiger partial charge in [0.2, 0.25) is 11.1 Å². The Morgan fingerprint density at radius 2 is 1.93 bits per heavy atom. The van der Waals surface area contributed by atoms with Gasteiger partial charge in [-0.05, 0) is 53.8 Å². The van der Waals surface area contributed by atoms with Gasteiger partial charge in [0.05, 0.1) is 18.9 Å². The molecule has 2 fully saturated rings. The molecule has 2 aromatic rings. The molecule has 0 atom stereocenters. The summed E-state index contributed by atoms with van der Waals surface area (Å²) in [6.45, 7) is 0.640. The predicted molar refractivity (Wildman–Crippen MR) is 107 cm³/mol. The minimum Gasteiger partial charge on any atom is -0.497 e.